The summed E-state index contributed by atoms with van der Waals surface area (Å²) in [5, 5.41) is 4.18. The van der Waals surface area contributed by atoms with Crippen LogP contribution in [0.2, 0.25) is 0 Å². The molecule has 1 amide bonds. The summed E-state index contributed by atoms with van der Waals surface area (Å²) < 4.78 is 17.4. The summed E-state index contributed by atoms with van der Waals surface area (Å²) in [6.45, 7) is 9.75. The van der Waals surface area contributed by atoms with Crippen LogP contribution in [0.3, 0.4) is 0 Å². The Morgan fingerprint density at radius 2 is 2.03 bits per heavy atom. The Morgan fingerprint density at radius 1 is 1.23 bits per heavy atom. The van der Waals surface area contributed by atoms with Crippen LogP contribution in [0.25, 0.3) is 16.5 Å². The first-order valence-corrected chi connectivity index (χ1v) is 11.6. The minimum Gasteiger partial charge on any atom is -0.493 e. The first-order valence-electron chi connectivity index (χ1n) is 11.6. The number of morpholine rings is 1. The van der Waals surface area contributed by atoms with Crippen molar-refractivity contribution in [2.45, 2.75) is 46.0 Å². The van der Waals surface area contributed by atoms with Gasteiger partial charge in [-0.15, -0.1) is 0 Å². The molecule has 168 valence electrons. The molecule has 1 aliphatic carbocycles. The smallest absolute Gasteiger partial charge is 0.244 e. The van der Waals surface area contributed by atoms with Gasteiger partial charge >= 0.3 is 0 Å². The molecule has 2 aliphatic rings. The monoisotopic (exact) mass is 426 g/mol. The van der Waals surface area contributed by atoms with Crippen LogP contribution >= 0.6 is 0 Å². The zero-order valence-corrected chi connectivity index (χ0v) is 18.8. The fourth-order valence-electron chi connectivity index (χ4n) is 4.54. The van der Waals surface area contributed by atoms with Gasteiger partial charge < -0.3 is 19.2 Å². The Balaban J connectivity index is 1.44. The molecule has 1 aromatic carbocycles. The predicted molar refractivity (Wildman–Crippen MR) is 123 cm³/mol. The molecule has 2 aromatic rings. The maximum atomic E-state index is 12.5. The highest BCUT2D eigenvalue weighted by Gasteiger charge is 2.20. The number of ether oxygens (including phenoxy) is 2. The van der Waals surface area contributed by atoms with Gasteiger partial charge in [0.15, 0.2) is 0 Å². The fourth-order valence-corrected chi connectivity index (χ4v) is 4.54. The van der Waals surface area contributed by atoms with Gasteiger partial charge in [0.25, 0.3) is 0 Å². The topological polar surface area (TPSA) is 63.9 Å². The van der Waals surface area contributed by atoms with E-state index in [9.17, 15) is 4.79 Å². The Hall–Kier alpha value is -2.31. The average molecular weight is 427 g/mol. The minimum atomic E-state index is -0.0590. The van der Waals surface area contributed by atoms with E-state index in [4.69, 9.17) is 13.9 Å². The van der Waals surface area contributed by atoms with E-state index in [0.717, 1.165) is 85.7 Å². The van der Waals surface area contributed by atoms with Gasteiger partial charge in [0.05, 0.1) is 19.8 Å². The van der Waals surface area contributed by atoms with E-state index in [1.165, 1.54) is 18.4 Å². The molecular formula is C25H34N2O4. The van der Waals surface area contributed by atoms with Gasteiger partial charge in [0.1, 0.15) is 17.1 Å². The summed E-state index contributed by atoms with van der Waals surface area (Å²) in [7, 11) is 0. The molecule has 1 saturated heterocycles. The summed E-state index contributed by atoms with van der Waals surface area (Å²) in [5.74, 6) is 1.83. The third-order valence-electron chi connectivity index (χ3n) is 6.18. The van der Waals surface area contributed by atoms with Gasteiger partial charge in [-0.2, -0.15) is 0 Å². The number of hydrogen-bond donors (Lipinski definition) is 1. The molecule has 0 spiro atoms. The van der Waals surface area contributed by atoms with E-state index >= 15 is 0 Å². The molecule has 0 radical (unpaired) electrons. The molecule has 1 N–H and O–H groups in total. The van der Waals surface area contributed by atoms with Crippen molar-refractivity contribution >= 4 is 22.4 Å². The standard InChI is InChI=1S/C25H34N2O4/c1-3-30-23-17-24-21(19-7-4-5-8-22(19)31-24)16-20(23)18(2)15-25(28)26-9-6-10-27-11-13-29-14-12-27/h15-17H,3-14H2,1-2H3,(H,26,28)/b18-15+. The number of carbonyl (C=O) groups excluding carboxylic acids is 1. The average Bonchev–Trinajstić information content (AvgIpc) is 3.14. The summed E-state index contributed by atoms with van der Waals surface area (Å²) in [4.78, 5) is 14.9. The third-order valence-corrected chi connectivity index (χ3v) is 6.18. The number of aryl methyl sites for hydroxylation is 2. The van der Waals surface area contributed by atoms with Gasteiger partial charge in [-0.05, 0) is 57.7 Å². The maximum absolute atomic E-state index is 12.5. The first kappa shape index (κ1) is 21.9. The lowest BCUT2D eigenvalue weighted by atomic mass is 9.94. The largest absolute Gasteiger partial charge is 0.493 e. The lowest BCUT2D eigenvalue weighted by Crippen LogP contribution is -2.38. The second-order valence-electron chi connectivity index (χ2n) is 8.41. The number of benzene rings is 1. The molecule has 2 heterocycles. The maximum Gasteiger partial charge on any atom is 0.244 e. The molecule has 0 saturated carbocycles. The molecule has 0 bridgehead atoms. The zero-order valence-electron chi connectivity index (χ0n) is 18.8. The number of nitrogens with zero attached hydrogens (tertiary/aromatic N) is 1. The summed E-state index contributed by atoms with van der Waals surface area (Å²) >= 11 is 0. The minimum absolute atomic E-state index is 0.0590. The second-order valence-corrected chi connectivity index (χ2v) is 8.41. The van der Waals surface area contributed by atoms with Crippen LogP contribution in [0.4, 0.5) is 0 Å². The number of amides is 1. The van der Waals surface area contributed by atoms with Crippen molar-refractivity contribution in [3.63, 3.8) is 0 Å². The van der Waals surface area contributed by atoms with Crippen LogP contribution in [0.1, 0.15) is 50.0 Å². The van der Waals surface area contributed by atoms with Crippen LogP contribution in [0.5, 0.6) is 5.75 Å². The number of rotatable bonds is 8. The predicted octanol–water partition coefficient (Wildman–Crippen LogP) is 3.95. The van der Waals surface area contributed by atoms with Crippen LogP contribution in [0.15, 0.2) is 22.6 Å². The lowest BCUT2D eigenvalue weighted by Gasteiger charge is -2.26. The molecule has 31 heavy (non-hydrogen) atoms. The molecule has 1 aromatic heterocycles. The van der Waals surface area contributed by atoms with E-state index in [2.05, 4.69) is 16.3 Å². The number of allylic oxidation sites excluding steroid dienone is 1. The first-order chi connectivity index (χ1) is 15.2. The summed E-state index contributed by atoms with van der Waals surface area (Å²) in [6.07, 6.45) is 7.07. The molecule has 6 heteroatoms. The van der Waals surface area contributed by atoms with Gasteiger partial charge in [-0.1, -0.05) is 0 Å². The number of hydrogen-bond acceptors (Lipinski definition) is 5. The number of carbonyl (C=O) groups is 1. The number of furan rings is 1. The Kier molecular flexibility index (Phi) is 7.30. The highest BCUT2D eigenvalue weighted by atomic mass is 16.5. The molecule has 4 rings (SSSR count). The van der Waals surface area contributed by atoms with E-state index in [1.807, 2.05) is 19.9 Å². The number of fused-ring (bicyclic) bond motifs is 3. The normalized spacial score (nSPS) is 17.5. The van der Waals surface area contributed by atoms with Crippen molar-refractivity contribution < 1.29 is 18.7 Å². The van der Waals surface area contributed by atoms with Crippen LogP contribution < -0.4 is 10.1 Å². The van der Waals surface area contributed by atoms with E-state index in [0.29, 0.717) is 13.2 Å². The van der Waals surface area contributed by atoms with Crippen molar-refractivity contribution in [1.29, 1.82) is 0 Å². The quantitative estimate of drug-likeness (QED) is 0.511. The fraction of sp³-hybridized carbons (Fsp3) is 0.560. The van der Waals surface area contributed by atoms with Crippen molar-refractivity contribution in [2.24, 2.45) is 0 Å². The molecule has 1 fully saturated rings. The Labute approximate surface area is 184 Å². The van der Waals surface area contributed by atoms with E-state index in [-0.39, 0.29) is 5.91 Å². The molecule has 0 unspecified atom stereocenters. The van der Waals surface area contributed by atoms with Crippen molar-refractivity contribution in [1.82, 2.24) is 10.2 Å². The summed E-state index contributed by atoms with van der Waals surface area (Å²) in [6, 6.07) is 4.13. The van der Waals surface area contributed by atoms with Crippen molar-refractivity contribution in [2.75, 3.05) is 46.0 Å². The molecule has 6 nitrogen and oxygen atoms in total. The van der Waals surface area contributed by atoms with E-state index < -0.39 is 0 Å². The van der Waals surface area contributed by atoms with Gasteiger partial charge in [-0.25, -0.2) is 0 Å². The second kappa shape index (κ2) is 10.3. The van der Waals surface area contributed by atoms with Gasteiger partial charge in [0, 0.05) is 54.7 Å². The molecule has 1 aliphatic heterocycles. The van der Waals surface area contributed by atoms with Crippen LogP contribution in [-0.2, 0) is 22.4 Å². The highest BCUT2D eigenvalue weighted by molar-refractivity contribution is 5.97. The number of nitrogens with one attached hydrogen (secondary N) is 1. The lowest BCUT2D eigenvalue weighted by molar-refractivity contribution is -0.116. The SMILES string of the molecule is CCOc1cc2oc3c(c2cc1/C(C)=C/C(=O)NCCCN1CCOCC1)CCCC3. The third kappa shape index (κ3) is 5.31. The van der Waals surface area contributed by atoms with Crippen LogP contribution in [-0.4, -0.2) is 56.8 Å². The zero-order chi connectivity index (χ0) is 21.6. The van der Waals surface area contributed by atoms with Crippen molar-refractivity contribution in [3.8, 4) is 5.75 Å². The van der Waals surface area contributed by atoms with Crippen molar-refractivity contribution in [3.05, 3.63) is 35.1 Å². The highest BCUT2D eigenvalue weighted by Crippen LogP contribution is 2.38. The Morgan fingerprint density at radius 3 is 2.84 bits per heavy atom. The molecular weight excluding hydrogens is 392 g/mol. The van der Waals surface area contributed by atoms with Gasteiger partial charge in [0.2, 0.25) is 5.91 Å². The van der Waals surface area contributed by atoms with E-state index in [1.54, 1.807) is 6.08 Å². The molecule has 0 atom stereocenters. The Bertz CT molecular complexity index is 941. The summed E-state index contributed by atoms with van der Waals surface area (Å²) in [5.41, 5.74) is 4.08. The van der Waals surface area contributed by atoms with Crippen LogP contribution in [0, 0.1) is 0 Å². The van der Waals surface area contributed by atoms with Gasteiger partial charge in [-0.3, -0.25) is 9.69 Å².